The maximum absolute atomic E-state index is 13.7. The molecule has 1 aliphatic rings. The van der Waals surface area contributed by atoms with Crippen molar-refractivity contribution < 1.29 is 14.1 Å². The van der Waals surface area contributed by atoms with Gasteiger partial charge in [0.25, 0.3) is 0 Å². The van der Waals surface area contributed by atoms with Gasteiger partial charge in [0.2, 0.25) is 0 Å². The van der Waals surface area contributed by atoms with Crippen LogP contribution in [-0.2, 0) is 6.42 Å². The van der Waals surface area contributed by atoms with Gasteiger partial charge < -0.3 is 0 Å². The fourth-order valence-corrected chi connectivity index (χ4v) is 7.13. The summed E-state index contributed by atoms with van der Waals surface area (Å²) >= 11 is -0.348. The summed E-state index contributed by atoms with van der Waals surface area (Å²) in [6.45, 7) is -0.375. The van der Waals surface area contributed by atoms with E-state index in [2.05, 4.69) is 0 Å². The Balaban J connectivity index is 1.87. The molecule has 3 aromatic rings. The summed E-state index contributed by atoms with van der Waals surface area (Å²) in [6.07, 6.45) is 0.451. The first kappa shape index (κ1) is 19.5. The minimum absolute atomic E-state index is 0.0480. The summed E-state index contributed by atoms with van der Waals surface area (Å²) in [6, 6.07) is 22.8. The summed E-state index contributed by atoms with van der Waals surface area (Å²) in [5.74, 6) is -1.09. The van der Waals surface area contributed by atoms with E-state index in [1.165, 1.54) is 12.1 Å². The Hall–Kier alpha value is -2.82. The van der Waals surface area contributed by atoms with Crippen LogP contribution in [-0.4, -0.2) is 32.2 Å². The fourth-order valence-electron chi connectivity index (χ4n) is 3.99. The van der Waals surface area contributed by atoms with Crippen LogP contribution in [0.25, 0.3) is 0 Å². The molecular formula is C23H18FNO3Se. The molecule has 1 aliphatic carbocycles. The molecule has 0 saturated carbocycles. The quantitative estimate of drug-likeness (QED) is 0.323. The molecule has 0 aliphatic heterocycles. The van der Waals surface area contributed by atoms with Crippen molar-refractivity contribution in [2.24, 2.45) is 0 Å². The number of nitrogens with zero attached hydrogens (tertiary/aromatic N) is 1. The molecule has 2 atom stereocenters. The van der Waals surface area contributed by atoms with Gasteiger partial charge in [0.05, 0.1) is 0 Å². The van der Waals surface area contributed by atoms with Crippen LogP contribution < -0.4 is 4.46 Å². The Kier molecular flexibility index (Phi) is 5.31. The zero-order valence-electron chi connectivity index (χ0n) is 15.5. The van der Waals surface area contributed by atoms with Gasteiger partial charge in [-0.05, 0) is 0 Å². The van der Waals surface area contributed by atoms with E-state index < -0.39 is 16.0 Å². The van der Waals surface area contributed by atoms with E-state index in [4.69, 9.17) is 0 Å². The van der Waals surface area contributed by atoms with Gasteiger partial charge in [-0.25, -0.2) is 0 Å². The van der Waals surface area contributed by atoms with Crippen molar-refractivity contribution in [2.45, 2.75) is 16.7 Å². The molecule has 146 valence electrons. The van der Waals surface area contributed by atoms with Crippen LogP contribution in [0.1, 0.15) is 27.4 Å². The van der Waals surface area contributed by atoms with Crippen molar-refractivity contribution in [3.05, 3.63) is 111 Å². The maximum atomic E-state index is 13.7. The van der Waals surface area contributed by atoms with E-state index in [-0.39, 0.29) is 32.2 Å². The number of fused-ring (bicyclic) bond motifs is 1. The molecule has 6 heteroatoms. The van der Waals surface area contributed by atoms with Crippen molar-refractivity contribution in [1.29, 1.82) is 0 Å². The van der Waals surface area contributed by atoms with E-state index >= 15 is 0 Å². The number of ketones is 1. The average Bonchev–Trinajstić information content (AvgIpc) is 3.00. The third-order valence-electron chi connectivity index (χ3n) is 5.31. The number of hydrogen-bond acceptors (Lipinski definition) is 3. The number of nitro groups is 1. The molecule has 0 radical (unpaired) electrons. The van der Waals surface area contributed by atoms with Crippen LogP contribution in [0.4, 0.5) is 4.39 Å². The van der Waals surface area contributed by atoms with Crippen molar-refractivity contribution in [1.82, 2.24) is 0 Å². The zero-order chi connectivity index (χ0) is 20.4. The first-order chi connectivity index (χ1) is 14.0. The van der Waals surface area contributed by atoms with Crippen LogP contribution >= 0.6 is 0 Å². The Bertz CT molecular complexity index is 1060. The van der Waals surface area contributed by atoms with Gasteiger partial charge in [0.15, 0.2) is 0 Å². The standard InChI is InChI=1S/C23H18FNO3Se/c24-18-12-10-16(11-13-18)21(15-25(27)28)23(29-19-7-2-1-3-8-19)14-17-6-4-5-9-20(17)22(23)26/h1-13,21H,14-15H2/t21-,23-/m1/s1. The van der Waals surface area contributed by atoms with Crippen LogP contribution in [0.3, 0.4) is 0 Å². The van der Waals surface area contributed by atoms with E-state index in [0.29, 0.717) is 17.5 Å². The van der Waals surface area contributed by atoms with Crippen LogP contribution in [0, 0.1) is 15.9 Å². The topological polar surface area (TPSA) is 60.2 Å². The number of Topliss-reactive ketones (excluding diaryl/α,β-unsaturated/α-hetero) is 1. The van der Waals surface area contributed by atoms with Gasteiger partial charge in [-0.15, -0.1) is 0 Å². The molecule has 0 spiro atoms. The number of halogens is 1. The number of rotatable bonds is 6. The Morgan fingerprint density at radius 2 is 1.66 bits per heavy atom. The van der Waals surface area contributed by atoms with Crippen molar-refractivity contribution in [3.63, 3.8) is 0 Å². The molecule has 0 fully saturated rings. The monoisotopic (exact) mass is 455 g/mol. The first-order valence-corrected chi connectivity index (χ1v) is 10.9. The number of carbonyl (C=O) groups is 1. The Morgan fingerprint density at radius 3 is 2.31 bits per heavy atom. The van der Waals surface area contributed by atoms with Gasteiger partial charge in [0, 0.05) is 0 Å². The summed E-state index contributed by atoms with van der Waals surface area (Å²) in [5.41, 5.74) is 2.19. The molecule has 4 nitrogen and oxygen atoms in total. The molecular weight excluding hydrogens is 436 g/mol. The third-order valence-corrected chi connectivity index (χ3v) is 8.43. The molecule has 0 bridgehead atoms. The molecule has 0 aromatic heterocycles. The van der Waals surface area contributed by atoms with E-state index in [9.17, 15) is 19.3 Å². The summed E-state index contributed by atoms with van der Waals surface area (Å²) in [4.78, 5) is 24.9. The number of benzene rings is 3. The Morgan fingerprint density at radius 1 is 1.00 bits per heavy atom. The average molecular weight is 454 g/mol. The van der Waals surface area contributed by atoms with Gasteiger partial charge in [0.1, 0.15) is 0 Å². The zero-order valence-corrected chi connectivity index (χ0v) is 17.2. The molecule has 3 aromatic carbocycles. The van der Waals surface area contributed by atoms with Crippen molar-refractivity contribution in [3.8, 4) is 0 Å². The predicted molar refractivity (Wildman–Crippen MR) is 110 cm³/mol. The molecule has 0 unspecified atom stereocenters. The molecule has 29 heavy (non-hydrogen) atoms. The van der Waals surface area contributed by atoms with Gasteiger partial charge in [-0.1, -0.05) is 0 Å². The van der Waals surface area contributed by atoms with Crippen LogP contribution in [0.5, 0.6) is 0 Å². The fraction of sp³-hybridized carbons (Fsp3) is 0.174. The van der Waals surface area contributed by atoms with Crippen molar-refractivity contribution in [2.75, 3.05) is 6.54 Å². The van der Waals surface area contributed by atoms with Gasteiger partial charge in [-0.2, -0.15) is 0 Å². The van der Waals surface area contributed by atoms with Crippen molar-refractivity contribution >= 4 is 25.2 Å². The Labute approximate surface area is 174 Å². The molecule has 4 rings (SSSR count). The normalized spacial score (nSPS) is 19.0. The van der Waals surface area contributed by atoms with E-state index in [1.54, 1.807) is 18.2 Å². The minimum atomic E-state index is -0.928. The van der Waals surface area contributed by atoms with Gasteiger partial charge in [-0.3, -0.25) is 0 Å². The third kappa shape index (κ3) is 3.74. The summed E-state index contributed by atoms with van der Waals surface area (Å²) in [5, 5.41) is 11.6. The van der Waals surface area contributed by atoms with Gasteiger partial charge >= 0.3 is 174 Å². The summed E-state index contributed by atoms with van der Waals surface area (Å²) < 4.78 is 13.6. The summed E-state index contributed by atoms with van der Waals surface area (Å²) in [7, 11) is 0. The van der Waals surface area contributed by atoms with E-state index in [1.807, 2.05) is 48.5 Å². The molecule has 0 saturated heterocycles. The molecule has 0 N–H and O–H groups in total. The van der Waals surface area contributed by atoms with Crippen LogP contribution in [0.15, 0.2) is 78.9 Å². The second-order valence-corrected chi connectivity index (χ2v) is 10.0. The number of carbonyl (C=O) groups excluding carboxylic acids is 1. The second-order valence-electron chi connectivity index (χ2n) is 7.09. The SMILES string of the molecule is O=C1c2ccccc2C[C@@]1([Se]c1ccccc1)[C@H](C[N+](=O)[O-])c1ccc(F)cc1. The number of hydrogen-bond donors (Lipinski definition) is 0. The molecule has 0 heterocycles. The second kappa shape index (κ2) is 7.90. The molecule has 0 amide bonds. The van der Waals surface area contributed by atoms with Crippen LogP contribution in [0.2, 0.25) is 4.31 Å². The first-order valence-electron chi connectivity index (χ1n) is 9.23. The van der Waals surface area contributed by atoms with E-state index in [0.717, 1.165) is 10.0 Å². The predicted octanol–water partition coefficient (Wildman–Crippen LogP) is 3.81.